The fourth-order valence-electron chi connectivity index (χ4n) is 2.20. The van der Waals surface area contributed by atoms with Gasteiger partial charge in [0.2, 0.25) is 5.13 Å². The molecule has 0 spiro atoms. The van der Waals surface area contributed by atoms with Crippen LogP contribution in [-0.4, -0.2) is 17.8 Å². The summed E-state index contributed by atoms with van der Waals surface area (Å²) in [7, 11) is 0. The molecular formula is C19H19N3OS. The zero-order valence-corrected chi connectivity index (χ0v) is 14.1. The molecule has 4 nitrogen and oxygen atoms in total. The molecule has 0 aliphatic rings. The minimum absolute atomic E-state index is 0.716. The average Bonchev–Trinajstić information content (AvgIpc) is 3.14. The second-order valence-electron chi connectivity index (χ2n) is 5.21. The van der Waals surface area contributed by atoms with Crippen molar-refractivity contribution in [1.29, 1.82) is 0 Å². The maximum Gasteiger partial charge on any atom is 0.203 e. The first-order valence-corrected chi connectivity index (χ1v) is 8.73. The fourth-order valence-corrected chi connectivity index (χ4v) is 2.68. The van der Waals surface area contributed by atoms with Gasteiger partial charge in [-0.15, -0.1) is 11.3 Å². The number of rotatable bonds is 8. The van der Waals surface area contributed by atoms with E-state index in [0.717, 1.165) is 29.3 Å². The number of ether oxygens (including phenoxy) is 1. The molecule has 1 N–H and O–H groups in total. The maximum atomic E-state index is 5.78. The van der Waals surface area contributed by atoms with Gasteiger partial charge >= 0.3 is 0 Å². The van der Waals surface area contributed by atoms with Crippen LogP contribution in [0, 0.1) is 0 Å². The van der Waals surface area contributed by atoms with Crippen LogP contribution in [-0.2, 0) is 6.42 Å². The highest BCUT2D eigenvalue weighted by Crippen LogP contribution is 2.13. The van der Waals surface area contributed by atoms with E-state index in [4.69, 9.17) is 4.74 Å². The van der Waals surface area contributed by atoms with E-state index in [0.29, 0.717) is 6.61 Å². The van der Waals surface area contributed by atoms with Crippen LogP contribution < -0.4 is 10.2 Å². The van der Waals surface area contributed by atoms with Gasteiger partial charge in [0.1, 0.15) is 5.75 Å². The van der Waals surface area contributed by atoms with Gasteiger partial charge in [-0.3, -0.25) is 5.43 Å². The van der Waals surface area contributed by atoms with Crippen LogP contribution in [0.2, 0.25) is 0 Å². The lowest BCUT2D eigenvalue weighted by molar-refractivity contribution is 0.311. The van der Waals surface area contributed by atoms with Crippen molar-refractivity contribution in [2.24, 2.45) is 5.10 Å². The summed E-state index contributed by atoms with van der Waals surface area (Å²) in [5, 5.41) is 6.84. The SMILES string of the molecule is C(=N/Nc1nccs1)/c1ccc(OCCCc2ccccc2)cc1. The topological polar surface area (TPSA) is 46.5 Å². The first-order valence-electron chi connectivity index (χ1n) is 7.85. The number of hydrogen-bond donors (Lipinski definition) is 1. The summed E-state index contributed by atoms with van der Waals surface area (Å²) < 4.78 is 5.78. The van der Waals surface area contributed by atoms with Gasteiger partial charge in [-0.25, -0.2) is 4.98 Å². The molecule has 3 aromatic rings. The first kappa shape index (κ1) is 16.2. The lowest BCUT2D eigenvalue weighted by Crippen LogP contribution is -1.99. The summed E-state index contributed by atoms with van der Waals surface area (Å²) in [6.07, 6.45) is 5.55. The van der Waals surface area contributed by atoms with Crippen molar-refractivity contribution in [2.75, 3.05) is 12.0 Å². The summed E-state index contributed by atoms with van der Waals surface area (Å²) in [6.45, 7) is 0.716. The minimum Gasteiger partial charge on any atom is -0.494 e. The maximum absolute atomic E-state index is 5.78. The third kappa shape index (κ3) is 5.21. The minimum atomic E-state index is 0.716. The number of thiazole rings is 1. The summed E-state index contributed by atoms with van der Waals surface area (Å²) in [5.74, 6) is 0.882. The molecule has 0 amide bonds. The molecule has 0 radical (unpaired) electrons. The molecular weight excluding hydrogens is 318 g/mol. The molecule has 1 aromatic heterocycles. The molecule has 0 bridgehead atoms. The van der Waals surface area contributed by atoms with Crippen molar-refractivity contribution in [2.45, 2.75) is 12.8 Å². The fraction of sp³-hybridized carbons (Fsp3) is 0.158. The Labute approximate surface area is 145 Å². The number of benzene rings is 2. The number of aromatic nitrogens is 1. The molecule has 0 unspecified atom stereocenters. The number of nitrogens with zero attached hydrogens (tertiary/aromatic N) is 2. The summed E-state index contributed by atoms with van der Waals surface area (Å²) in [5.41, 5.74) is 5.25. The van der Waals surface area contributed by atoms with Gasteiger partial charge in [0.25, 0.3) is 0 Å². The van der Waals surface area contributed by atoms with Crippen molar-refractivity contribution < 1.29 is 4.74 Å². The Bertz CT molecular complexity index is 740. The molecule has 1 heterocycles. The molecule has 24 heavy (non-hydrogen) atoms. The van der Waals surface area contributed by atoms with Crippen LogP contribution in [0.3, 0.4) is 0 Å². The van der Waals surface area contributed by atoms with Crippen molar-refractivity contribution in [3.8, 4) is 5.75 Å². The number of hydrazone groups is 1. The molecule has 0 atom stereocenters. The van der Waals surface area contributed by atoms with Gasteiger partial charge in [-0.2, -0.15) is 5.10 Å². The number of nitrogens with one attached hydrogen (secondary N) is 1. The predicted molar refractivity (Wildman–Crippen MR) is 100 cm³/mol. The van der Waals surface area contributed by atoms with Crippen LogP contribution in [0.4, 0.5) is 5.13 Å². The zero-order chi connectivity index (χ0) is 16.5. The van der Waals surface area contributed by atoms with Crippen molar-refractivity contribution in [3.05, 3.63) is 77.3 Å². The largest absolute Gasteiger partial charge is 0.494 e. The summed E-state index contributed by atoms with van der Waals surface area (Å²) in [4.78, 5) is 4.10. The quantitative estimate of drug-likeness (QED) is 0.371. The van der Waals surface area contributed by atoms with Gasteiger partial charge in [0.05, 0.1) is 12.8 Å². The van der Waals surface area contributed by atoms with E-state index in [9.17, 15) is 0 Å². The number of anilines is 1. The predicted octanol–water partition coefficient (Wildman–Crippen LogP) is 4.60. The highest BCUT2D eigenvalue weighted by Gasteiger charge is 1.96. The van der Waals surface area contributed by atoms with Gasteiger partial charge in [0.15, 0.2) is 0 Å². The first-order chi connectivity index (χ1) is 11.9. The molecule has 2 aromatic carbocycles. The van der Waals surface area contributed by atoms with Crippen LogP contribution in [0.5, 0.6) is 5.75 Å². The summed E-state index contributed by atoms with van der Waals surface area (Å²) in [6, 6.07) is 18.4. The molecule has 0 saturated heterocycles. The third-order valence-corrected chi connectivity index (χ3v) is 4.09. The Kier molecular flexibility index (Phi) is 5.97. The normalized spacial score (nSPS) is 10.8. The number of hydrogen-bond acceptors (Lipinski definition) is 5. The van der Waals surface area contributed by atoms with Gasteiger partial charge < -0.3 is 4.74 Å². The molecule has 122 valence electrons. The van der Waals surface area contributed by atoms with Crippen LogP contribution in [0.1, 0.15) is 17.5 Å². The smallest absolute Gasteiger partial charge is 0.203 e. The van der Waals surface area contributed by atoms with Crippen LogP contribution >= 0.6 is 11.3 Å². The van der Waals surface area contributed by atoms with Crippen LogP contribution in [0.25, 0.3) is 0 Å². The van der Waals surface area contributed by atoms with E-state index in [-0.39, 0.29) is 0 Å². The van der Waals surface area contributed by atoms with E-state index in [2.05, 4.69) is 39.8 Å². The van der Waals surface area contributed by atoms with Crippen LogP contribution in [0.15, 0.2) is 71.3 Å². The van der Waals surface area contributed by atoms with E-state index < -0.39 is 0 Å². The second kappa shape index (κ2) is 8.84. The zero-order valence-electron chi connectivity index (χ0n) is 13.3. The van der Waals surface area contributed by atoms with Crippen molar-refractivity contribution in [1.82, 2.24) is 4.98 Å². The molecule has 5 heteroatoms. The monoisotopic (exact) mass is 337 g/mol. The molecule has 0 fully saturated rings. The van der Waals surface area contributed by atoms with E-state index in [1.165, 1.54) is 16.9 Å². The highest BCUT2D eigenvalue weighted by atomic mass is 32.1. The Balaban J connectivity index is 1.40. The summed E-state index contributed by atoms with van der Waals surface area (Å²) >= 11 is 1.51. The van der Waals surface area contributed by atoms with E-state index in [1.54, 1.807) is 12.4 Å². The average molecular weight is 337 g/mol. The van der Waals surface area contributed by atoms with E-state index in [1.807, 2.05) is 35.7 Å². The molecule has 0 aliphatic carbocycles. The molecule has 0 saturated carbocycles. The van der Waals surface area contributed by atoms with Gasteiger partial charge in [0, 0.05) is 11.6 Å². The Morgan fingerprint density at radius 3 is 2.67 bits per heavy atom. The standard InChI is InChI=1S/C19H19N3OS/c1-2-5-16(6-3-1)7-4-13-23-18-10-8-17(9-11-18)15-21-22-19-20-12-14-24-19/h1-3,5-6,8-12,14-15H,4,7,13H2,(H,20,22)/b21-15-. The lowest BCUT2D eigenvalue weighted by atomic mass is 10.1. The second-order valence-corrected chi connectivity index (χ2v) is 6.11. The van der Waals surface area contributed by atoms with Gasteiger partial charge in [-0.05, 0) is 48.2 Å². The Hall–Kier alpha value is -2.66. The number of aryl methyl sites for hydroxylation is 1. The molecule has 0 aliphatic heterocycles. The molecule has 3 rings (SSSR count). The van der Waals surface area contributed by atoms with Gasteiger partial charge in [-0.1, -0.05) is 30.3 Å². The Morgan fingerprint density at radius 1 is 1.08 bits per heavy atom. The third-order valence-electron chi connectivity index (χ3n) is 3.41. The van der Waals surface area contributed by atoms with E-state index >= 15 is 0 Å². The van der Waals surface area contributed by atoms with Crippen molar-refractivity contribution >= 4 is 22.7 Å². The van der Waals surface area contributed by atoms with Crippen molar-refractivity contribution in [3.63, 3.8) is 0 Å². The lowest BCUT2D eigenvalue weighted by Gasteiger charge is -2.06. The highest BCUT2D eigenvalue weighted by molar-refractivity contribution is 7.13. The Morgan fingerprint density at radius 2 is 1.92 bits per heavy atom.